The monoisotopic (exact) mass is 296 g/mol. The molecule has 1 N–H and O–H groups in total. The van der Waals surface area contributed by atoms with Gasteiger partial charge in [0, 0.05) is 17.5 Å². The fourth-order valence-electron chi connectivity index (χ4n) is 2.54. The van der Waals surface area contributed by atoms with E-state index in [4.69, 9.17) is 11.6 Å². The van der Waals surface area contributed by atoms with Crippen LogP contribution in [0.15, 0.2) is 18.3 Å². The predicted molar refractivity (Wildman–Crippen MR) is 81.2 cm³/mol. The lowest BCUT2D eigenvalue weighted by Gasteiger charge is -2.27. The highest BCUT2D eigenvalue weighted by molar-refractivity contribution is 7.99. The van der Waals surface area contributed by atoms with E-state index in [9.17, 15) is 0 Å². The van der Waals surface area contributed by atoms with Crippen molar-refractivity contribution in [3.8, 4) is 0 Å². The average Bonchev–Trinajstić information content (AvgIpc) is 2.81. The highest BCUT2D eigenvalue weighted by Crippen LogP contribution is 2.28. The Morgan fingerprint density at radius 2 is 2.11 bits per heavy atom. The van der Waals surface area contributed by atoms with Crippen LogP contribution in [0, 0.1) is 0 Å². The van der Waals surface area contributed by atoms with Gasteiger partial charge in [-0.3, -0.25) is 0 Å². The lowest BCUT2D eigenvalue weighted by Crippen LogP contribution is -2.27. The zero-order chi connectivity index (χ0) is 13.2. The lowest BCUT2D eigenvalue weighted by molar-refractivity contribution is 0.471. The lowest BCUT2D eigenvalue weighted by atomic mass is 9.95. The molecule has 1 aliphatic rings. The summed E-state index contributed by atoms with van der Waals surface area (Å²) in [4.78, 5) is 4.46. The molecule has 0 spiro atoms. The molecule has 1 fully saturated rings. The number of pyridine rings is 1. The van der Waals surface area contributed by atoms with Crippen molar-refractivity contribution in [1.82, 2.24) is 14.6 Å². The summed E-state index contributed by atoms with van der Waals surface area (Å²) in [7, 11) is 0. The summed E-state index contributed by atoms with van der Waals surface area (Å²) in [5, 5.41) is 9.35. The van der Waals surface area contributed by atoms with Crippen molar-refractivity contribution >= 4 is 35.0 Å². The number of rotatable bonds is 3. The first kappa shape index (κ1) is 13.1. The molecule has 4 nitrogen and oxygen atoms in total. The second kappa shape index (κ2) is 5.59. The number of thioether (sulfide) groups is 1. The largest absolute Gasteiger partial charge is 0.350 e. The minimum absolute atomic E-state index is 0.497. The van der Waals surface area contributed by atoms with E-state index in [1.165, 1.54) is 25.7 Å². The van der Waals surface area contributed by atoms with Gasteiger partial charge in [-0.25, -0.2) is 4.52 Å². The summed E-state index contributed by atoms with van der Waals surface area (Å²) in [6.07, 6.45) is 8.92. The topological polar surface area (TPSA) is 42.2 Å². The van der Waals surface area contributed by atoms with E-state index >= 15 is 0 Å². The summed E-state index contributed by atoms with van der Waals surface area (Å²) >= 11 is 7.92. The number of fused-ring (bicyclic) bond motifs is 1. The normalized spacial score (nSPS) is 23.7. The molecule has 102 valence electrons. The zero-order valence-corrected chi connectivity index (χ0v) is 12.4. The van der Waals surface area contributed by atoms with Crippen LogP contribution in [0.4, 0.5) is 5.95 Å². The molecular weight excluding hydrogens is 280 g/mol. The Bertz CT molecular complexity index is 563. The molecule has 0 saturated heterocycles. The fourth-order valence-corrected chi connectivity index (χ4v) is 3.44. The predicted octanol–water partition coefficient (Wildman–Crippen LogP) is 3.47. The molecular formula is C13H17ClN4S. The second-order valence-corrected chi connectivity index (χ2v) is 6.51. The van der Waals surface area contributed by atoms with Crippen LogP contribution in [0.2, 0.25) is 5.02 Å². The first-order valence-corrected chi connectivity index (χ1v) is 8.22. The number of nitrogens with one attached hydrogen (secondary N) is 1. The molecule has 0 amide bonds. The summed E-state index contributed by atoms with van der Waals surface area (Å²) in [6, 6.07) is 4.21. The number of aromatic nitrogens is 3. The Kier molecular flexibility index (Phi) is 3.84. The zero-order valence-electron chi connectivity index (χ0n) is 10.8. The Labute approximate surface area is 121 Å². The molecule has 2 aromatic heterocycles. The van der Waals surface area contributed by atoms with Gasteiger partial charge in [-0.15, -0.1) is 5.10 Å². The van der Waals surface area contributed by atoms with Crippen LogP contribution in [0.3, 0.4) is 0 Å². The Hall–Kier alpha value is -0.940. The molecule has 1 aliphatic carbocycles. The van der Waals surface area contributed by atoms with Gasteiger partial charge in [-0.05, 0) is 44.1 Å². The summed E-state index contributed by atoms with van der Waals surface area (Å²) < 4.78 is 1.72. The molecule has 19 heavy (non-hydrogen) atoms. The third-order valence-corrected chi connectivity index (χ3v) is 5.00. The van der Waals surface area contributed by atoms with Gasteiger partial charge in [0.1, 0.15) is 0 Å². The number of nitrogens with zero attached hydrogens (tertiary/aromatic N) is 3. The molecule has 0 aliphatic heterocycles. The van der Waals surface area contributed by atoms with E-state index < -0.39 is 0 Å². The van der Waals surface area contributed by atoms with E-state index in [-0.39, 0.29) is 0 Å². The third kappa shape index (κ3) is 2.98. The maximum atomic E-state index is 5.94. The first-order valence-electron chi connectivity index (χ1n) is 6.56. The van der Waals surface area contributed by atoms with Gasteiger partial charge in [-0.2, -0.15) is 16.7 Å². The summed E-state index contributed by atoms with van der Waals surface area (Å²) in [6.45, 7) is 0. The fraction of sp³-hybridized carbons (Fsp3) is 0.538. The van der Waals surface area contributed by atoms with E-state index in [0.717, 1.165) is 10.9 Å². The Morgan fingerprint density at radius 3 is 2.84 bits per heavy atom. The van der Waals surface area contributed by atoms with Crippen molar-refractivity contribution in [3.05, 3.63) is 23.4 Å². The van der Waals surface area contributed by atoms with Gasteiger partial charge in [0.25, 0.3) is 0 Å². The van der Waals surface area contributed by atoms with Crippen molar-refractivity contribution in [2.24, 2.45) is 0 Å². The minimum atomic E-state index is 0.497. The van der Waals surface area contributed by atoms with Crippen LogP contribution in [-0.4, -0.2) is 32.1 Å². The molecule has 0 atom stereocenters. The van der Waals surface area contributed by atoms with Crippen molar-refractivity contribution in [1.29, 1.82) is 0 Å². The first-order chi connectivity index (χ1) is 9.24. The maximum absolute atomic E-state index is 5.94. The molecule has 1 saturated carbocycles. The van der Waals surface area contributed by atoms with E-state index in [2.05, 4.69) is 21.7 Å². The molecule has 2 heterocycles. The van der Waals surface area contributed by atoms with E-state index in [1.807, 2.05) is 23.9 Å². The van der Waals surface area contributed by atoms with Gasteiger partial charge in [0.05, 0.1) is 5.02 Å². The quantitative estimate of drug-likeness (QED) is 0.942. The SMILES string of the molecule is CSC1CCC(Nc2nc3ccc(Cl)cn3n2)CC1. The highest BCUT2D eigenvalue weighted by atomic mass is 35.5. The van der Waals surface area contributed by atoms with Crippen LogP contribution in [-0.2, 0) is 0 Å². The summed E-state index contributed by atoms with van der Waals surface area (Å²) in [5.74, 6) is 0.704. The van der Waals surface area contributed by atoms with Gasteiger partial charge in [0.15, 0.2) is 5.65 Å². The minimum Gasteiger partial charge on any atom is -0.350 e. The van der Waals surface area contributed by atoms with Crippen molar-refractivity contribution in [2.45, 2.75) is 37.0 Å². The van der Waals surface area contributed by atoms with Crippen LogP contribution in [0.5, 0.6) is 0 Å². The van der Waals surface area contributed by atoms with Crippen molar-refractivity contribution < 1.29 is 0 Å². The van der Waals surface area contributed by atoms with Crippen molar-refractivity contribution in [3.63, 3.8) is 0 Å². The Balaban J connectivity index is 1.68. The Morgan fingerprint density at radius 1 is 1.32 bits per heavy atom. The number of halogens is 1. The van der Waals surface area contributed by atoms with Crippen LogP contribution in [0.25, 0.3) is 5.65 Å². The molecule has 0 aromatic carbocycles. The molecule has 6 heteroatoms. The number of hydrogen-bond donors (Lipinski definition) is 1. The maximum Gasteiger partial charge on any atom is 0.243 e. The molecule has 2 aromatic rings. The molecule has 3 rings (SSSR count). The molecule has 0 bridgehead atoms. The molecule has 0 unspecified atom stereocenters. The van der Waals surface area contributed by atoms with E-state index in [1.54, 1.807) is 10.7 Å². The van der Waals surface area contributed by atoms with Gasteiger partial charge >= 0.3 is 0 Å². The van der Waals surface area contributed by atoms with Crippen LogP contribution >= 0.6 is 23.4 Å². The van der Waals surface area contributed by atoms with Crippen molar-refractivity contribution in [2.75, 3.05) is 11.6 Å². The van der Waals surface area contributed by atoms with Gasteiger partial charge in [0.2, 0.25) is 5.95 Å². The van der Waals surface area contributed by atoms with Gasteiger partial charge < -0.3 is 5.32 Å². The molecule has 0 radical (unpaired) electrons. The van der Waals surface area contributed by atoms with Crippen LogP contribution < -0.4 is 5.32 Å². The third-order valence-electron chi connectivity index (χ3n) is 3.64. The highest BCUT2D eigenvalue weighted by Gasteiger charge is 2.21. The van der Waals surface area contributed by atoms with Gasteiger partial charge in [-0.1, -0.05) is 11.6 Å². The van der Waals surface area contributed by atoms with Crippen LogP contribution in [0.1, 0.15) is 25.7 Å². The number of anilines is 1. The standard InChI is InChI=1S/C13H17ClN4S/c1-19-11-5-3-10(4-6-11)15-13-16-12-7-2-9(14)8-18(12)17-13/h2,7-8,10-11H,3-6H2,1H3,(H,15,17). The smallest absolute Gasteiger partial charge is 0.243 e. The number of hydrogen-bond acceptors (Lipinski definition) is 4. The van der Waals surface area contributed by atoms with E-state index in [0.29, 0.717) is 17.0 Å². The second-order valence-electron chi connectivity index (χ2n) is 4.94. The summed E-state index contributed by atoms with van der Waals surface area (Å²) in [5.41, 5.74) is 0.824. The average molecular weight is 297 g/mol.